The summed E-state index contributed by atoms with van der Waals surface area (Å²) >= 11 is 0. The molecule has 0 spiro atoms. The van der Waals surface area contributed by atoms with Crippen molar-refractivity contribution in [2.45, 2.75) is 70.3 Å². The van der Waals surface area contributed by atoms with E-state index in [-0.39, 0.29) is 6.42 Å². The van der Waals surface area contributed by atoms with Crippen LogP contribution in [0.25, 0.3) is 0 Å². The maximum absolute atomic E-state index is 12.8. The van der Waals surface area contributed by atoms with E-state index in [1.807, 2.05) is 0 Å². The number of carboxylic acid groups (broad SMARTS) is 1. The molecule has 17 heavy (non-hydrogen) atoms. The Morgan fingerprint density at radius 2 is 1.59 bits per heavy atom. The van der Waals surface area contributed by atoms with Gasteiger partial charge in [0.05, 0.1) is 0 Å². The first-order chi connectivity index (χ1) is 7.92. The van der Waals surface area contributed by atoms with E-state index in [1.54, 1.807) is 0 Å². The van der Waals surface area contributed by atoms with E-state index in [0.29, 0.717) is 6.42 Å². The number of aliphatic carboxylic acids is 1. The van der Waals surface area contributed by atoms with Gasteiger partial charge in [-0.3, -0.25) is 0 Å². The number of aliphatic hydroxyl groups excluding tert-OH is 1. The van der Waals surface area contributed by atoms with Gasteiger partial charge in [-0.1, -0.05) is 51.9 Å². The summed E-state index contributed by atoms with van der Waals surface area (Å²) in [6.07, 6.45) is 4.47. The fourth-order valence-electron chi connectivity index (χ4n) is 1.62. The van der Waals surface area contributed by atoms with Gasteiger partial charge in [0.2, 0.25) is 0 Å². The molecule has 0 amide bonds. The van der Waals surface area contributed by atoms with Gasteiger partial charge in [0, 0.05) is 0 Å². The molecule has 0 aliphatic heterocycles. The Bertz CT molecular complexity index is 220. The number of halogens is 2. The van der Waals surface area contributed by atoms with Crippen molar-refractivity contribution in [1.29, 1.82) is 0 Å². The number of carboxylic acids is 1. The van der Waals surface area contributed by atoms with Crippen LogP contribution in [-0.2, 0) is 4.79 Å². The lowest BCUT2D eigenvalue weighted by molar-refractivity contribution is -0.182. The Hall–Kier alpha value is -0.710. The van der Waals surface area contributed by atoms with Crippen LogP contribution in [0.15, 0.2) is 0 Å². The second-order valence-electron chi connectivity index (χ2n) is 4.35. The van der Waals surface area contributed by atoms with E-state index in [0.717, 1.165) is 32.1 Å². The maximum atomic E-state index is 12.8. The molecule has 5 heteroatoms. The quantitative estimate of drug-likeness (QED) is 0.587. The first-order valence-corrected chi connectivity index (χ1v) is 6.22. The Kier molecular flexibility index (Phi) is 8.04. The van der Waals surface area contributed by atoms with Crippen molar-refractivity contribution in [1.82, 2.24) is 0 Å². The summed E-state index contributed by atoms with van der Waals surface area (Å²) in [5.74, 6) is -6.28. The molecule has 0 aliphatic rings. The minimum Gasteiger partial charge on any atom is -0.477 e. The van der Waals surface area contributed by atoms with E-state index < -0.39 is 18.0 Å². The summed E-state index contributed by atoms with van der Waals surface area (Å²) in [5, 5.41) is 17.3. The lowest BCUT2D eigenvalue weighted by Gasteiger charge is -2.17. The summed E-state index contributed by atoms with van der Waals surface area (Å²) in [6.45, 7) is 2.12. The van der Waals surface area contributed by atoms with Gasteiger partial charge in [0.15, 0.2) is 0 Å². The second kappa shape index (κ2) is 8.39. The average molecular weight is 252 g/mol. The Morgan fingerprint density at radius 3 is 2.06 bits per heavy atom. The van der Waals surface area contributed by atoms with E-state index in [4.69, 9.17) is 10.2 Å². The monoisotopic (exact) mass is 252 g/mol. The van der Waals surface area contributed by atoms with Crippen molar-refractivity contribution >= 4 is 5.97 Å². The van der Waals surface area contributed by atoms with Crippen LogP contribution in [0, 0.1) is 0 Å². The molecule has 0 aromatic heterocycles. The summed E-state index contributed by atoms with van der Waals surface area (Å²) in [5.41, 5.74) is 0. The molecule has 0 saturated heterocycles. The largest absolute Gasteiger partial charge is 0.477 e. The summed E-state index contributed by atoms with van der Waals surface area (Å²) in [7, 11) is 0. The topological polar surface area (TPSA) is 57.5 Å². The molecule has 2 N–H and O–H groups in total. The Labute approximate surface area is 101 Å². The van der Waals surface area contributed by atoms with Gasteiger partial charge >= 0.3 is 11.9 Å². The van der Waals surface area contributed by atoms with Crippen LogP contribution >= 0.6 is 0 Å². The Balaban J connectivity index is 3.58. The van der Waals surface area contributed by atoms with E-state index in [9.17, 15) is 13.6 Å². The van der Waals surface area contributed by atoms with Gasteiger partial charge < -0.3 is 10.2 Å². The Morgan fingerprint density at radius 1 is 1.12 bits per heavy atom. The average Bonchev–Trinajstić information content (AvgIpc) is 2.27. The first kappa shape index (κ1) is 16.3. The van der Waals surface area contributed by atoms with Crippen molar-refractivity contribution in [3.8, 4) is 0 Å². The number of rotatable bonds is 10. The molecular formula is C12H22F2O3. The van der Waals surface area contributed by atoms with Crippen LogP contribution in [0.5, 0.6) is 0 Å². The van der Waals surface area contributed by atoms with E-state index in [1.165, 1.54) is 6.42 Å². The number of aliphatic hydroxyl groups is 1. The SMILES string of the molecule is CCCCCCCCCC(O)C(F)(F)C(=O)O. The van der Waals surface area contributed by atoms with Crippen LogP contribution in [-0.4, -0.2) is 28.2 Å². The summed E-state index contributed by atoms with van der Waals surface area (Å²) < 4.78 is 25.5. The maximum Gasteiger partial charge on any atom is 0.377 e. The highest BCUT2D eigenvalue weighted by atomic mass is 19.3. The van der Waals surface area contributed by atoms with Crippen molar-refractivity contribution in [3.05, 3.63) is 0 Å². The fourth-order valence-corrected chi connectivity index (χ4v) is 1.62. The molecule has 1 atom stereocenters. The van der Waals surface area contributed by atoms with Crippen LogP contribution in [0.4, 0.5) is 8.78 Å². The lowest BCUT2D eigenvalue weighted by atomic mass is 10.0. The first-order valence-electron chi connectivity index (χ1n) is 6.22. The molecule has 0 aliphatic carbocycles. The molecule has 102 valence electrons. The van der Waals surface area contributed by atoms with Gasteiger partial charge in [-0.05, 0) is 6.42 Å². The predicted molar refractivity (Wildman–Crippen MR) is 61.2 cm³/mol. The molecule has 0 saturated carbocycles. The summed E-state index contributed by atoms with van der Waals surface area (Å²) in [4.78, 5) is 10.2. The van der Waals surface area contributed by atoms with Crippen LogP contribution in [0.2, 0.25) is 0 Å². The predicted octanol–water partition coefficient (Wildman–Crippen LogP) is 3.21. The van der Waals surface area contributed by atoms with Crippen LogP contribution in [0.3, 0.4) is 0 Å². The lowest BCUT2D eigenvalue weighted by Crippen LogP contribution is -2.41. The fraction of sp³-hybridized carbons (Fsp3) is 0.917. The van der Waals surface area contributed by atoms with Crippen molar-refractivity contribution in [3.63, 3.8) is 0 Å². The molecule has 0 fully saturated rings. The van der Waals surface area contributed by atoms with E-state index in [2.05, 4.69) is 6.92 Å². The van der Waals surface area contributed by atoms with Crippen molar-refractivity contribution in [2.75, 3.05) is 0 Å². The van der Waals surface area contributed by atoms with Crippen LogP contribution < -0.4 is 0 Å². The van der Waals surface area contributed by atoms with Gasteiger partial charge in [0.1, 0.15) is 6.10 Å². The molecule has 0 heterocycles. The molecule has 1 unspecified atom stereocenters. The molecule has 0 aromatic carbocycles. The van der Waals surface area contributed by atoms with Crippen LogP contribution in [0.1, 0.15) is 58.3 Å². The molecule has 0 radical (unpaired) electrons. The van der Waals surface area contributed by atoms with Gasteiger partial charge in [0.25, 0.3) is 0 Å². The third-order valence-electron chi connectivity index (χ3n) is 2.78. The van der Waals surface area contributed by atoms with Gasteiger partial charge in [-0.2, -0.15) is 8.78 Å². The third kappa shape index (κ3) is 6.56. The van der Waals surface area contributed by atoms with Gasteiger partial charge in [-0.25, -0.2) is 4.79 Å². The minimum atomic E-state index is -4.03. The standard InChI is InChI=1S/C12H22F2O3/c1-2-3-4-5-6-7-8-9-10(15)12(13,14)11(16)17/h10,15H,2-9H2,1H3,(H,16,17). The second-order valence-corrected chi connectivity index (χ2v) is 4.35. The third-order valence-corrected chi connectivity index (χ3v) is 2.78. The summed E-state index contributed by atoms with van der Waals surface area (Å²) in [6, 6.07) is 0. The van der Waals surface area contributed by atoms with Crippen molar-refractivity contribution < 1.29 is 23.8 Å². The molecule has 0 bridgehead atoms. The smallest absolute Gasteiger partial charge is 0.377 e. The van der Waals surface area contributed by atoms with E-state index >= 15 is 0 Å². The highest BCUT2D eigenvalue weighted by Gasteiger charge is 2.46. The normalized spacial score (nSPS) is 13.6. The molecule has 3 nitrogen and oxygen atoms in total. The number of alkyl halides is 2. The molecule has 0 rings (SSSR count). The minimum absolute atomic E-state index is 0.160. The zero-order chi connectivity index (χ0) is 13.3. The van der Waals surface area contributed by atoms with Gasteiger partial charge in [-0.15, -0.1) is 0 Å². The zero-order valence-corrected chi connectivity index (χ0v) is 10.3. The molecular weight excluding hydrogens is 230 g/mol. The number of hydrogen-bond acceptors (Lipinski definition) is 2. The molecule has 0 aromatic rings. The van der Waals surface area contributed by atoms with Crippen molar-refractivity contribution in [2.24, 2.45) is 0 Å². The number of hydrogen-bond donors (Lipinski definition) is 2. The zero-order valence-electron chi connectivity index (χ0n) is 10.3. The highest BCUT2D eigenvalue weighted by Crippen LogP contribution is 2.23. The highest BCUT2D eigenvalue weighted by molar-refractivity contribution is 5.76. The number of unbranched alkanes of at least 4 members (excludes halogenated alkanes) is 6. The number of carbonyl (C=O) groups is 1.